The Hall–Kier alpha value is -3.84. The van der Waals surface area contributed by atoms with Gasteiger partial charge in [-0.15, -0.1) is 0 Å². The highest BCUT2D eigenvalue weighted by atomic mass is 16.5. The number of piperidine rings is 1. The van der Waals surface area contributed by atoms with Crippen LogP contribution in [0.25, 0.3) is 22.1 Å². The van der Waals surface area contributed by atoms with Gasteiger partial charge >= 0.3 is 5.63 Å². The van der Waals surface area contributed by atoms with Crippen LogP contribution >= 0.6 is 0 Å². The molecule has 2 aliphatic rings. The molecule has 7 nitrogen and oxygen atoms in total. The van der Waals surface area contributed by atoms with Crippen molar-refractivity contribution in [3.05, 3.63) is 93.2 Å². The lowest BCUT2D eigenvalue weighted by molar-refractivity contribution is 0.104. The van der Waals surface area contributed by atoms with Gasteiger partial charge in [-0.3, -0.25) is 9.69 Å². The normalized spacial score (nSPS) is 19.1. The summed E-state index contributed by atoms with van der Waals surface area (Å²) in [6.07, 6.45) is 1.14. The maximum atomic E-state index is 12.7. The molecular weight excluding hydrogens is 456 g/mol. The lowest BCUT2D eigenvalue weighted by atomic mass is 9.83. The van der Waals surface area contributed by atoms with Gasteiger partial charge in [-0.1, -0.05) is 18.2 Å². The minimum atomic E-state index is -0.385. The second-order valence-electron chi connectivity index (χ2n) is 9.68. The van der Waals surface area contributed by atoms with Crippen LogP contribution in [0.2, 0.25) is 0 Å². The topological polar surface area (TPSA) is 73.9 Å². The lowest BCUT2D eigenvalue weighted by Crippen LogP contribution is -2.48. The predicted molar refractivity (Wildman–Crippen MR) is 138 cm³/mol. The average Bonchev–Trinajstić information content (AvgIpc) is 2.89. The smallest absolute Gasteiger partial charge is 0.344 e. The molecular formula is C29H28N2O5. The molecule has 1 saturated heterocycles. The molecule has 0 amide bonds. The minimum absolute atomic E-state index is 0.109. The van der Waals surface area contributed by atoms with Crippen molar-refractivity contribution in [2.24, 2.45) is 5.92 Å². The quantitative estimate of drug-likeness (QED) is 0.383. The number of methoxy groups -OCH3 is 1. The van der Waals surface area contributed by atoms with Crippen molar-refractivity contribution < 1.29 is 13.9 Å². The van der Waals surface area contributed by atoms with Gasteiger partial charge in [0.05, 0.1) is 12.7 Å². The number of ether oxygens (including phenoxy) is 2. The summed E-state index contributed by atoms with van der Waals surface area (Å²) in [6.45, 7) is 4.06. The average molecular weight is 485 g/mol. The highest BCUT2D eigenvalue weighted by Crippen LogP contribution is 2.34. The van der Waals surface area contributed by atoms with Crippen molar-refractivity contribution in [3.8, 4) is 22.6 Å². The Labute approximate surface area is 208 Å². The van der Waals surface area contributed by atoms with E-state index >= 15 is 0 Å². The van der Waals surface area contributed by atoms with E-state index in [9.17, 15) is 9.59 Å². The first-order chi connectivity index (χ1) is 17.6. The van der Waals surface area contributed by atoms with Gasteiger partial charge in [0.15, 0.2) is 0 Å². The number of nitrogens with zero attached hydrogens (tertiary/aromatic N) is 2. The number of fused-ring (bicyclic) bond motifs is 5. The summed E-state index contributed by atoms with van der Waals surface area (Å²) in [7, 11) is 1.61. The number of pyridine rings is 1. The molecule has 1 fully saturated rings. The monoisotopic (exact) mass is 484 g/mol. The van der Waals surface area contributed by atoms with Gasteiger partial charge < -0.3 is 18.5 Å². The van der Waals surface area contributed by atoms with Gasteiger partial charge in [-0.25, -0.2) is 4.79 Å². The number of aromatic nitrogens is 1. The number of hydrogen-bond donors (Lipinski definition) is 0. The molecule has 36 heavy (non-hydrogen) atoms. The van der Waals surface area contributed by atoms with E-state index in [1.54, 1.807) is 19.2 Å². The van der Waals surface area contributed by atoms with Crippen molar-refractivity contribution in [2.45, 2.75) is 18.9 Å². The number of benzene rings is 2. The van der Waals surface area contributed by atoms with E-state index in [-0.39, 0.29) is 11.2 Å². The molecule has 0 unspecified atom stereocenters. The third kappa shape index (κ3) is 4.31. The molecule has 0 radical (unpaired) electrons. The molecule has 6 rings (SSSR count). The van der Waals surface area contributed by atoms with E-state index in [0.717, 1.165) is 55.0 Å². The maximum absolute atomic E-state index is 12.7. The Bertz CT molecular complexity index is 1520. The van der Waals surface area contributed by atoms with Crippen molar-refractivity contribution >= 4 is 11.0 Å². The largest absolute Gasteiger partial charge is 0.497 e. The van der Waals surface area contributed by atoms with E-state index in [0.29, 0.717) is 35.3 Å². The summed E-state index contributed by atoms with van der Waals surface area (Å²) in [5, 5.41) is 0.838. The van der Waals surface area contributed by atoms with Crippen LogP contribution in [0.4, 0.5) is 0 Å². The van der Waals surface area contributed by atoms with Crippen molar-refractivity contribution in [2.75, 3.05) is 33.4 Å². The fourth-order valence-electron chi connectivity index (χ4n) is 5.62. The molecule has 184 valence electrons. The fraction of sp³-hybridized carbons (Fsp3) is 0.310. The highest BCUT2D eigenvalue weighted by molar-refractivity contribution is 5.82. The van der Waals surface area contributed by atoms with Crippen LogP contribution in [0, 0.1) is 5.92 Å². The predicted octanol–water partition coefficient (Wildman–Crippen LogP) is 4.13. The Morgan fingerprint density at radius 3 is 2.61 bits per heavy atom. The van der Waals surface area contributed by atoms with Crippen LogP contribution in [0.15, 0.2) is 80.7 Å². The van der Waals surface area contributed by atoms with Crippen molar-refractivity contribution in [1.82, 2.24) is 9.47 Å². The molecule has 2 bridgehead atoms. The Morgan fingerprint density at radius 1 is 0.944 bits per heavy atom. The van der Waals surface area contributed by atoms with E-state index in [1.807, 2.05) is 53.1 Å². The van der Waals surface area contributed by atoms with Gasteiger partial charge in [-0.05, 0) is 54.3 Å². The maximum Gasteiger partial charge on any atom is 0.344 e. The van der Waals surface area contributed by atoms with Crippen LogP contribution in [-0.4, -0.2) is 42.8 Å². The fourth-order valence-corrected chi connectivity index (χ4v) is 5.62. The molecule has 4 aromatic rings. The molecule has 0 spiro atoms. The summed E-state index contributed by atoms with van der Waals surface area (Å²) in [4.78, 5) is 27.3. The van der Waals surface area contributed by atoms with E-state index in [2.05, 4.69) is 11.0 Å². The second-order valence-corrected chi connectivity index (χ2v) is 9.68. The van der Waals surface area contributed by atoms with Crippen LogP contribution in [0.5, 0.6) is 11.5 Å². The van der Waals surface area contributed by atoms with Crippen LogP contribution in [0.3, 0.4) is 0 Å². The van der Waals surface area contributed by atoms with Gasteiger partial charge in [0.2, 0.25) is 0 Å². The second kappa shape index (κ2) is 9.32. The van der Waals surface area contributed by atoms with Crippen molar-refractivity contribution in [3.63, 3.8) is 0 Å². The molecule has 0 saturated carbocycles. The Balaban J connectivity index is 1.12. The van der Waals surface area contributed by atoms with Gasteiger partial charge in [0.1, 0.15) is 23.7 Å². The first-order valence-electron chi connectivity index (χ1n) is 12.3. The highest BCUT2D eigenvalue weighted by Gasteiger charge is 2.34. The van der Waals surface area contributed by atoms with Crippen molar-refractivity contribution in [1.29, 1.82) is 0 Å². The molecule has 0 N–H and O–H groups in total. The third-order valence-electron chi connectivity index (χ3n) is 7.34. The summed E-state index contributed by atoms with van der Waals surface area (Å²) in [6, 6.07) is 20.4. The summed E-state index contributed by atoms with van der Waals surface area (Å²) in [5.74, 6) is 2.29. The molecule has 2 atom stereocenters. The van der Waals surface area contributed by atoms with Gasteiger partial charge in [0, 0.05) is 55.3 Å². The SMILES string of the molecule is COc1ccc(-c2cc3ccc(OCCN4C[C@H]5C[C@@H](C4)c4cccc(=O)n4C5)cc3oc2=O)cc1. The van der Waals surface area contributed by atoms with Gasteiger partial charge in [0.25, 0.3) is 5.56 Å². The standard InChI is InChI=1S/C29H28N2O5/c1-34-23-8-5-20(6-9-23)25-14-21-7-10-24(15-27(21)36-29(25)33)35-12-11-30-16-19-13-22(18-30)26-3-2-4-28(32)31(26)17-19/h2-10,14-15,19,22H,11-13,16-18H2,1H3/t19-,22+/m1/s1. The molecule has 7 heteroatoms. The van der Waals surface area contributed by atoms with Crippen LogP contribution in [-0.2, 0) is 6.54 Å². The van der Waals surface area contributed by atoms with Gasteiger partial charge in [-0.2, -0.15) is 0 Å². The van der Waals surface area contributed by atoms with E-state index in [4.69, 9.17) is 13.9 Å². The van der Waals surface area contributed by atoms with Crippen LogP contribution < -0.4 is 20.7 Å². The molecule has 2 aromatic heterocycles. The lowest BCUT2D eigenvalue weighted by Gasteiger charge is -2.42. The summed E-state index contributed by atoms with van der Waals surface area (Å²) < 4.78 is 18.8. The summed E-state index contributed by atoms with van der Waals surface area (Å²) in [5.41, 5.74) is 2.68. The number of likely N-dealkylation sites (tertiary alicyclic amines) is 1. The zero-order valence-electron chi connectivity index (χ0n) is 20.2. The first-order valence-corrected chi connectivity index (χ1v) is 12.3. The molecule has 0 aliphatic carbocycles. The number of hydrogen-bond acceptors (Lipinski definition) is 6. The molecule has 2 aliphatic heterocycles. The number of rotatable bonds is 6. The Kier molecular flexibility index (Phi) is 5.85. The zero-order valence-corrected chi connectivity index (χ0v) is 20.2. The van der Waals surface area contributed by atoms with Crippen LogP contribution in [0.1, 0.15) is 18.0 Å². The molecule has 4 heterocycles. The zero-order chi connectivity index (χ0) is 24.6. The van der Waals surface area contributed by atoms with E-state index < -0.39 is 0 Å². The Morgan fingerprint density at radius 2 is 1.78 bits per heavy atom. The van der Waals surface area contributed by atoms with E-state index in [1.165, 1.54) is 0 Å². The first kappa shape index (κ1) is 22.6. The minimum Gasteiger partial charge on any atom is -0.497 e. The molecule has 2 aromatic carbocycles. The summed E-state index contributed by atoms with van der Waals surface area (Å²) >= 11 is 0. The third-order valence-corrected chi connectivity index (χ3v) is 7.34.